The molecule has 2 nitrogen and oxygen atoms in total. The first-order valence-corrected chi connectivity index (χ1v) is 5.85. The highest BCUT2D eigenvalue weighted by atomic mass is 35.5. The SMILES string of the molecule is CC(C)(C)C(CCCl)NC(=O)C1CC1. The third-order valence-corrected chi connectivity index (χ3v) is 2.93. The third-order valence-electron chi connectivity index (χ3n) is 2.71. The lowest BCUT2D eigenvalue weighted by molar-refractivity contribution is -0.123. The lowest BCUT2D eigenvalue weighted by Crippen LogP contribution is -2.44. The van der Waals surface area contributed by atoms with E-state index >= 15 is 0 Å². The van der Waals surface area contributed by atoms with Crippen molar-refractivity contribution in [2.45, 2.75) is 46.1 Å². The van der Waals surface area contributed by atoms with Crippen molar-refractivity contribution in [1.29, 1.82) is 0 Å². The summed E-state index contributed by atoms with van der Waals surface area (Å²) in [6, 6.07) is 0.202. The van der Waals surface area contributed by atoms with Crippen molar-refractivity contribution in [3.8, 4) is 0 Å². The number of carbonyl (C=O) groups is 1. The number of carbonyl (C=O) groups excluding carboxylic acids is 1. The summed E-state index contributed by atoms with van der Waals surface area (Å²) in [5.74, 6) is 1.11. The van der Waals surface area contributed by atoms with Crippen molar-refractivity contribution < 1.29 is 4.79 Å². The standard InChI is InChI=1S/C11H20ClNO/c1-11(2,3)9(6-7-12)13-10(14)8-4-5-8/h8-9H,4-7H2,1-3H3,(H,13,14). The zero-order chi connectivity index (χ0) is 10.8. The van der Waals surface area contributed by atoms with E-state index in [-0.39, 0.29) is 23.3 Å². The molecule has 0 spiro atoms. The molecule has 0 aromatic carbocycles. The highest BCUT2D eigenvalue weighted by Gasteiger charge is 2.33. The highest BCUT2D eigenvalue weighted by Crippen LogP contribution is 2.30. The van der Waals surface area contributed by atoms with Crippen LogP contribution in [0.3, 0.4) is 0 Å². The lowest BCUT2D eigenvalue weighted by Gasteiger charge is -2.31. The number of alkyl halides is 1. The lowest BCUT2D eigenvalue weighted by atomic mass is 9.85. The second-order valence-electron chi connectivity index (χ2n) is 5.18. The fraction of sp³-hybridized carbons (Fsp3) is 0.909. The van der Waals surface area contributed by atoms with E-state index in [0.29, 0.717) is 5.88 Å². The van der Waals surface area contributed by atoms with Gasteiger partial charge < -0.3 is 5.32 Å². The minimum Gasteiger partial charge on any atom is -0.353 e. The Morgan fingerprint density at radius 1 is 1.50 bits per heavy atom. The minimum absolute atomic E-state index is 0.0967. The van der Waals surface area contributed by atoms with Gasteiger partial charge in [0.1, 0.15) is 0 Å². The second-order valence-corrected chi connectivity index (χ2v) is 5.56. The van der Waals surface area contributed by atoms with Crippen LogP contribution in [0.2, 0.25) is 0 Å². The second kappa shape index (κ2) is 4.52. The molecule has 1 aliphatic carbocycles. The molecule has 1 unspecified atom stereocenters. The normalized spacial score (nSPS) is 19.1. The van der Waals surface area contributed by atoms with Crippen LogP contribution in [0.5, 0.6) is 0 Å². The molecule has 0 aromatic rings. The van der Waals surface area contributed by atoms with Gasteiger partial charge in [-0.25, -0.2) is 0 Å². The quantitative estimate of drug-likeness (QED) is 0.721. The van der Waals surface area contributed by atoms with Crippen LogP contribution in [0, 0.1) is 11.3 Å². The smallest absolute Gasteiger partial charge is 0.223 e. The molecule has 0 heterocycles. The predicted molar refractivity (Wildman–Crippen MR) is 59.4 cm³/mol. The Morgan fingerprint density at radius 2 is 2.07 bits per heavy atom. The first-order valence-electron chi connectivity index (χ1n) is 5.31. The Kier molecular flexibility index (Phi) is 3.82. The average molecular weight is 218 g/mol. The van der Waals surface area contributed by atoms with Gasteiger partial charge in [0.2, 0.25) is 5.91 Å². The summed E-state index contributed by atoms with van der Waals surface area (Å²) >= 11 is 5.73. The van der Waals surface area contributed by atoms with Crippen molar-refractivity contribution in [2.75, 3.05) is 5.88 Å². The molecule has 0 bridgehead atoms. The van der Waals surface area contributed by atoms with Crippen LogP contribution in [0.15, 0.2) is 0 Å². The zero-order valence-electron chi connectivity index (χ0n) is 9.27. The summed E-state index contributed by atoms with van der Waals surface area (Å²) in [6.07, 6.45) is 2.97. The maximum atomic E-state index is 11.6. The number of nitrogens with one attached hydrogen (secondary N) is 1. The molecule has 0 aliphatic heterocycles. The first kappa shape index (κ1) is 11.8. The van der Waals surface area contributed by atoms with Gasteiger partial charge in [0.05, 0.1) is 0 Å². The summed E-state index contributed by atoms with van der Waals surface area (Å²) in [7, 11) is 0. The molecular weight excluding hydrogens is 198 g/mol. The number of rotatable bonds is 4. The van der Waals surface area contributed by atoms with Crippen molar-refractivity contribution >= 4 is 17.5 Å². The van der Waals surface area contributed by atoms with Crippen LogP contribution < -0.4 is 5.32 Å². The monoisotopic (exact) mass is 217 g/mol. The van der Waals surface area contributed by atoms with Crippen LogP contribution in [0.1, 0.15) is 40.0 Å². The Morgan fingerprint density at radius 3 is 2.43 bits per heavy atom. The van der Waals surface area contributed by atoms with Gasteiger partial charge in [-0.15, -0.1) is 11.6 Å². The van der Waals surface area contributed by atoms with E-state index in [1.807, 2.05) is 0 Å². The van der Waals surface area contributed by atoms with E-state index in [4.69, 9.17) is 11.6 Å². The topological polar surface area (TPSA) is 29.1 Å². The predicted octanol–water partition coefficient (Wildman–Crippen LogP) is 2.56. The molecule has 1 rings (SSSR count). The van der Waals surface area contributed by atoms with Gasteiger partial charge in [-0.05, 0) is 24.7 Å². The highest BCUT2D eigenvalue weighted by molar-refractivity contribution is 6.17. The largest absolute Gasteiger partial charge is 0.353 e. The van der Waals surface area contributed by atoms with Crippen LogP contribution >= 0.6 is 11.6 Å². The van der Waals surface area contributed by atoms with E-state index < -0.39 is 0 Å². The fourth-order valence-electron chi connectivity index (χ4n) is 1.47. The maximum Gasteiger partial charge on any atom is 0.223 e. The molecule has 1 amide bonds. The molecule has 1 atom stereocenters. The Labute approximate surface area is 91.4 Å². The third kappa shape index (κ3) is 3.49. The van der Waals surface area contributed by atoms with Crippen molar-refractivity contribution in [1.82, 2.24) is 5.32 Å². The fourth-order valence-corrected chi connectivity index (χ4v) is 1.68. The zero-order valence-corrected chi connectivity index (χ0v) is 10.0. The molecule has 1 fully saturated rings. The van der Waals surface area contributed by atoms with Gasteiger partial charge in [0.25, 0.3) is 0 Å². The number of hydrogen-bond acceptors (Lipinski definition) is 1. The van der Waals surface area contributed by atoms with Gasteiger partial charge in [-0.1, -0.05) is 20.8 Å². The average Bonchev–Trinajstić information content (AvgIpc) is 2.83. The van der Waals surface area contributed by atoms with Gasteiger partial charge in [-0.3, -0.25) is 4.79 Å². The van der Waals surface area contributed by atoms with Crippen molar-refractivity contribution in [3.63, 3.8) is 0 Å². The van der Waals surface area contributed by atoms with Crippen LogP contribution in [-0.2, 0) is 4.79 Å². The molecule has 0 saturated heterocycles. The maximum absolute atomic E-state index is 11.6. The molecule has 1 N–H and O–H groups in total. The molecule has 0 radical (unpaired) electrons. The molecule has 0 aromatic heterocycles. The summed E-state index contributed by atoms with van der Waals surface area (Å²) in [5.41, 5.74) is 0.0967. The van der Waals surface area contributed by atoms with E-state index in [2.05, 4.69) is 26.1 Å². The van der Waals surface area contributed by atoms with E-state index in [1.165, 1.54) is 0 Å². The van der Waals surface area contributed by atoms with E-state index in [0.717, 1.165) is 19.3 Å². The molecule has 1 aliphatic rings. The van der Waals surface area contributed by atoms with Crippen LogP contribution in [0.4, 0.5) is 0 Å². The summed E-state index contributed by atoms with van der Waals surface area (Å²) in [4.78, 5) is 11.6. The van der Waals surface area contributed by atoms with E-state index in [9.17, 15) is 4.79 Å². The first-order chi connectivity index (χ1) is 6.45. The number of halogens is 1. The van der Waals surface area contributed by atoms with Gasteiger partial charge in [-0.2, -0.15) is 0 Å². The molecule has 82 valence electrons. The Balaban J connectivity index is 2.45. The van der Waals surface area contributed by atoms with Crippen molar-refractivity contribution in [3.05, 3.63) is 0 Å². The summed E-state index contributed by atoms with van der Waals surface area (Å²) in [5, 5.41) is 3.10. The molecular formula is C11H20ClNO. The summed E-state index contributed by atoms with van der Waals surface area (Å²) < 4.78 is 0. The number of amides is 1. The van der Waals surface area contributed by atoms with E-state index in [1.54, 1.807) is 0 Å². The summed E-state index contributed by atoms with van der Waals surface area (Å²) in [6.45, 7) is 6.41. The molecule has 3 heteroatoms. The van der Waals surface area contributed by atoms with Gasteiger partial charge >= 0.3 is 0 Å². The Bertz CT molecular complexity index is 206. The number of hydrogen-bond donors (Lipinski definition) is 1. The van der Waals surface area contributed by atoms with Gasteiger partial charge in [0, 0.05) is 17.8 Å². The molecule has 14 heavy (non-hydrogen) atoms. The Hall–Kier alpha value is -0.240. The van der Waals surface area contributed by atoms with Crippen LogP contribution in [0.25, 0.3) is 0 Å². The van der Waals surface area contributed by atoms with Crippen molar-refractivity contribution in [2.24, 2.45) is 11.3 Å². The minimum atomic E-state index is 0.0967. The molecule has 1 saturated carbocycles. The van der Waals surface area contributed by atoms with Crippen LogP contribution in [-0.4, -0.2) is 17.8 Å². The van der Waals surface area contributed by atoms with Gasteiger partial charge in [0.15, 0.2) is 0 Å².